The molecule has 0 unspecified atom stereocenters. The number of pyridine rings is 1. The summed E-state index contributed by atoms with van der Waals surface area (Å²) in [5.74, 6) is -2.54. The summed E-state index contributed by atoms with van der Waals surface area (Å²) in [5, 5.41) is 8.50. The SMILES string of the molecule is O=C(O)CN(CC(F)(F)F)C(=O)c1cccnc1. The summed E-state index contributed by atoms with van der Waals surface area (Å²) in [6.45, 7) is -2.64. The second kappa shape index (κ2) is 5.48. The number of amides is 1. The molecule has 0 atom stereocenters. The number of nitrogens with zero attached hydrogens (tertiary/aromatic N) is 2. The minimum atomic E-state index is -4.66. The van der Waals surface area contributed by atoms with Gasteiger partial charge in [-0.1, -0.05) is 0 Å². The highest BCUT2D eigenvalue weighted by atomic mass is 19.4. The summed E-state index contributed by atoms with van der Waals surface area (Å²) in [5.41, 5.74) is -0.0944. The van der Waals surface area contributed by atoms with E-state index in [4.69, 9.17) is 5.11 Å². The van der Waals surface area contributed by atoms with Crippen LogP contribution in [0.2, 0.25) is 0 Å². The number of halogens is 3. The Morgan fingerprint density at radius 2 is 2.06 bits per heavy atom. The zero-order valence-corrected chi connectivity index (χ0v) is 9.02. The van der Waals surface area contributed by atoms with Gasteiger partial charge in [-0.05, 0) is 12.1 Å². The molecule has 0 aliphatic heterocycles. The lowest BCUT2D eigenvalue weighted by Crippen LogP contribution is -2.42. The summed E-state index contributed by atoms with van der Waals surface area (Å²) < 4.78 is 36.7. The summed E-state index contributed by atoms with van der Waals surface area (Å²) in [6.07, 6.45) is -2.23. The first kappa shape index (κ1) is 13.9. The number of carbonyl (C=O) groups is 2. The molecule has 1 heterocycles. The standard InChI is InChI=1S/C10H9F3N2O3/c11-10(12,13)6-15(5-8(16)17)9(18)7-2-1-3-14-4-7/h1-4H,5-6H2,(H,16,17). The van der Waals surface area contributed by atoms with Crippen LogP contribution in [0, 0.1) is 0 Å². The minimum absolute atomic E-state index is 0.0944. The highest BCUT2D eigenvalue weighted by molar-refractivity contribution is 5.95. The van der Waals surface area contributed by atoms with Crippen LogP contribution in [0.25, 0.3) is 0 Å². The second-order valence-electron chi connectivity index (χ2n) is 3.41. The maximum atomic E-state index is 12.2. The largest absolute Gasteiger partial charge is 0.480 e. The molecule has 0 bridgehead atoms. The number of aliphatic carboxylic acids is 1. The van der Waals surface area contributed by atoms with Gasteiger partial charge < -0.3 is 10.0 Å². The molecule has 0 aliphatic carbocycles. The van der Waals surface area contributed by atoms with Gasteiger partial charge in [0, 0.05) is 12.4 Å². The molecule has 98 valence electrons. The molecule has 1 rings (SSSR count). The average Bonchev–Trinajstić information content (AvgIpc) is 2.26. The van der Waals surface area contributed by atoms with E-state index < -0.39 is 31.1 Å². The fourth-order valence-corrected chi connectivity index (χ4v) is 1.25. The van der Waals surface area contributed by atoms with Crippen LogP contribution < -0.4 is 0 Å². The van der Waals surface area contributed by atoms with Crippen molar-refractivity contribution >= 4 is 11.9 Å². The molecule has 8 heteroatoms. The van der Waals surface area contributed by atoms with Crippen LogP contribution in [-0.4, -0.2) is 46.1 Å². The molecule has 1 aromatic heterocycles. The molecule has 0 saturated carbocycles. The number of hydrogen-bond donors (Lipinski definition) is 1. The van der Waals surface area contributed by atoms with Gasteiger partial charge in [-0.3, -0.25) is 14.6 Å². The van der Waals surface area contributed by atoms with Crippen molar-refractivity contribution < 1.29 is 27.9 Å². The van der Waals surface area contributed by atoms with Crippen LogP contribution in [0.15, 0.2) is 24.5 Å². The van der Waals surface area contributed by atoms with Crippen LogP contribution in [0.1, 0.15) is 10.4 Å². The predicted octanol–water partition coefficient (Wildman–Crippen LogP) is 1.17. The van der Waals surface area contributed by atoms with Gasteiger partial charge in [0.15, 0.2) is 0 Å². The van der Waals surface area contributed by atoms with E-state index in [1.165, 1.54) is 18.3 Å². The highest BCUT2D eigenvalue weighted by Gasteiger charge is 2.34. The lowest BCUT2D eigenvalue weighted by Gasteiger charge is -2.21. The molecule has 0 aromatic carbocycles. The molecular formula is C10H9F3N2O3. The number of alkyl halides is 3. The van der Waals surface area contributed by atoms with Crippen molar-refractivity contribution in [3.05, 3.63) is 30.1 Å². The predicted molar refractivity (Wildman–Crippen MR) is 53.8 cm³/mol. The lowest BCUT2D eigenvalue weighted by molar-refractivity contribution is -0.149. The number of carboxylic acid groups (broad SMARTS) is 1. The Morgan fingerprint density at radius 1 is 1.39 bits per heavy atom. The van der Waals surface area contributed by atoms with Crippen molar-refractivity contribution in [2.45, 2.75) is 6.18 Å². The van der Waals surface area contributed by atoms with Gasteiger partial charge in [-0.15, -0.1) is 0 Å². The van der Waals surface area contributed by atoms with Crippen LogP contribution in [-0.2, 0) is 4.79 Å². The van der Waals surface area contributed by atoms with Crippen molar-refractivity contribution in [2.24, 2.45) is 0 Å². The Labute approximate surface area is 99.8 Å². The summed E-state index contributed by atoms with van der Waals surface area (Å²) >= 11 is 0. The molecule has 0 fully saturated rings. The fraction of sp³-hybridized carbons (Fsp3) is 0.300. The first-order valence-electron chi connectivity index (χ1n) is 4.77. The Balaban J connectivity index is 2.89. The molecule has 0 saturated heterocycles. The third-order valence-electron chi connectivity index (χ3n) is 1.89. The Bertz CT molecular complexity index is 434. The zero-order valence-electron chi connectivity index (χ0n) is 9.02. The number of hydrogen-bond acceptors (Lipinski definition) is 3. The van der Waals surface area contributed by atoms with Crippen LogP contribution >= 0.6 is 0 Å². The van der Waals surface area contributed by atoms with E-state index >= 15 is 0 Å². The van der Waals surface area contributed by atoms with Gasteiger partial charge in [-0.25, -0.2) is 0 Å². The van der Waals surface area contributed by atoms with Crippen molar-refractivity contribution in [1.82, 2.24) is 9.88 Å². The third kappa shape index (κ3) is 4.40. The number of carbonyl (C=O) groups excluding carboxylic acids is 1. The number of carboxylic acids is 1. The summed E-state index contributed by atoms with van der Waals surface area (Å²) in [4.78, 5) is 25.9. The Hall–Kier alpha value is -2.12. The van der Waals surface area contributed by atoms with Crippen molar-refractivity contribution in [3.63, 3.8) is 0 Å². The highest BCUT2D eigenvalue weighted by Crippen LogP contribution is 2.17. The molecule has 18 heavy (non-hydrogen) atoms. The Kier molecular flexibility index (Phi) is 4.24. The fourth-order valence-electron chi connectivity index (χ4n) is 1.25. The molecule has 1 N–H and O–H groups in total. The summed E-state index contributed by atoms with van der Waals surface area (Å²) in [6, 6.07) is 2.64. The molecule has 1 amide bonds. The number of aromatic nitrogens is 1. The maximum absolute atomic E-state index is 12.2. The zero-order chi connectivity index (χ0) is 13.8. The van der Waals surface area contributed by atoms with Crippen molar-refractivity contribution in [1.29, 1.82) is 0 Å². The van der Waals surface area contributed by atoms with Gasteiger partial charge in [0.2, 0.25) is 0 Å². The van der Waals surface area contributed by atoms with E-state index in [0.29, 0.717) is 0 Å². The molecule has 1 aromatic rings. The van der Waals surface area contributed by atoms with Gasteiger partial charge >= 0.3 is 12.1 Å². The van der Waals surface area contributed by atoms with Crippen molar-refractivity contribution in [2.75, 3.05) is 13.1 Å². The smallest absolute Gasteiger partial charge is 0.406 e. The first-order chi connectivity index (χ1) is 8.29. The lowest BCUT2D eigenvalue weighted by atomic mass is 10.2. The van der Waals surface area contributed by atoms with Gasteiger partial charge in [0.1, 0.15) is 13.1 Å². The molecule has 0 radical (unpaired) electrons. The topological polar surface area (TPSA) is 70.5 Å². The molecule has 0 aliphatic rings. The Morgan fingerprint density at radius 3 is 2.50 bits per heavy atom. The summed E-state index contributed by atoms with van der Waals surface area (Å²) in [7, 11) is 0. The maximum Gasteiger partial charge on any atom is 0.406 e. The first-order valence-corrected chi connectivity index (χ1v) is 4.77. The van der Waals surface area contributed by atoms with E-state index in [1.807, 2.05) is 0 Å². The van der Waals surface area contributed by atoms with E-state index in [1.54, 1.807) is 0 Å². The van der Waals surface area contributed by atoms with E-state index in [0.717, 1.165) is 6.20 Å². The number of rotatable bonds is 4. The van der Waals surface area contributed by atoms with Gasteiger partial charge in [-0.2, -0.15) is 13.2 Å². The quantitative estimate of drug-likeness (QED) is 0.884. The molecule has 5 nitrogen and oxygen atoms in total. The average molecular weight is 262 g/mol. The van der Waals surface area contributed by atoms with Crippen molar-refractivity contribution in [3.8, 4) is 0 Å². The third-order valence-corrected chi connectivity index (χ3v) is 1.89. The van der Waals surface area contributed by atoms with E-state index in [2.05, 4.69) is 4.98 Å². The molecular weight excluding hydrogens is 253 g/mol. The monoisotopic (exact) mass is 262 g/mol. The van der Waals surface area contributed by atoms with E-state index in [9.17, 15) is 22.8 Å². The van der Waals surface area contributed by atoms with Gasteiger partial charge in [0.25, 0.3) is 5.91 Å². The van der Waals surface area contributed by atoms with Crippen LogP contribution in [0.4, 0.5) is 13.2 Å². The second-order valence-corrected chi connectivity index (χ2v) is 3.41. The minimum Gasteiger partial charge on any atom is -0.480 e. The van der Waals surface area contributed by atoms with E-state index in [-0.39, 0.29) is 10.5 Å². The van der Waals surface area contributed by atoms with Crippen LogP contribution in [0.3, 0.4) is 0 Å². The molecule has 0 spiro atoms. The van der Waals surface area contributed by atoms with Gasteiger partial charge in [0.05, 0.1) is 5.56 Å². The normalized spacial score (nSPS) is 11.1. The van der Waals surface area contributed by atoms with Crippen LogP contribution in [0.5, 0.6) is 0 Å².